The lowest BCUT2D eigenvalue weighted by Gasteiger charge is -2.26. The lowest BCUT2D eigenvalue weighted by Crippen LogP contribution is -2.33. The van der Waals surface area contributed by atoms with Crippen molar-refractivity contribution in [1.29, 1.82) is 0 Å². The van der Waals surface area contributed by atoms with Crippen LogP contribution < -0.4 is 5.32 Å². The Balaban J connectivity index is 1.88. The highest BCUT2D eigenvalue weighted by Gasteiger charge is 2.30. The molecule has 1 N–H and O–H groups in total. The van der Waals surface area contributed by atoms with Gasteiger partial charge in [0.1, 0.15) is 0 Å². The Morgan fingerprint density at radius 2 is 2.35 bits per heavy atom. The Morgan fingerprint density at radius 3 is 3.06 bits per heavy atom. The van der Waals surface area contributed by atoms with Crippen LogP contribution in [0.1, 0.15) is 43.2 Å². The summed E-state index contributed by atoms with van der Waals surface area (Å²) in [6.07, 6.45) is 3.71. The second-order valence-electron chi connectivity index (χ2n) is 5.55. The molecule has 0 spiro atoms. The number of ether oxygens (including phenoxy) is 1. The van der Waals surface area contributed by atoms with Crippen LogP contribution in [0.3, 0.4) is 0 Å². The minimum absolute atomic E-state index is 0.190. The zero-order valence-electron chi connectivity index (χ0n) is 10.5. The second kappa shape index (κ2) is 4.43. The van der Waals surface area contributed by atoms with Crippen molar-refractivity contribution in [3.05, 3.63) is 35.4 Å². The van der Waals surface area contributed by atoms with Crippen LogP contribution in [0, 0.1) is 0 Å². The normalized spacial score (nSPS) is 33.1. The van der Waals surface area contributed by atoms with E-state index < -0.39 is 0 Å². The molecule has 2 heterocycles. The summed E-state index contributed by atoms with van der Waals surface area (Å²) in [6, 6.07) is 9.10. The fraction of sp³-hybridized carbons (Fsp3) is 0.600. The zero-order valence-corrected chi connectivity index (χ0v) is 10.5. The van der Waals surface area contributed by atoms with Gasteiger partial charge in [-0.25, -0.2) is 0 Å². The Labute approximate surface area is 103 Å². The maximum absolute atomic E-state index is 5.49. The van der Waals surface area contributed by atoms with Crippen molar-refractivity contribution in [2.45, 2.75) is 37.6 Å². The number of hydrogen-bond donors (Lipinski definition) is 1. The van der Waals surface area contributed by atoms with E-state index in [4.69, 9.17) is 4.74 Å². The van der Waals surface area contributed by atoms with Crippen molar-refractivity contribution >= 4 is 0 Å². The van der Waals surface area contributed by atoms with E-state index >= 15 is 0 Å². The molecule has 1 aromatic carbocycles. The maximum atomic E-state index is 5.49. The van der Waals surface area contributed by atoms with Crippen LogP contribution in [0.15, 0.2) is 24.3 Å². The molecule has 0 aliphatic carbocycles. The first kappa shape index (κ1) is 11.2. The SMILES string of the molecule is CC1(c2cccc(C3CCOC3)c2)CCCN1. The van der Waals surface area contributed by atoms with Crippen molar-refractivity contribution in [3.63, 3.8) is 0 Å². The Bertz CT molecular complexity index is 390. The summed E-state index contributed by atoms with van der Waals surface area (Å²) in [5, 5.41) is 3.64. The third kappa shape index (κ3) is 2.12. The largest absolute Gasteiger partial charge is 0.381 e. The average molecular weight is 231 g/mol. The highest BCUT2D eigenvalue weighted by molar-refractivity contribution is 5.32. The summed E-state index contributed by atoms with van der Waals surface area (Å²) in [6.45, 7) is 5.29. The van der Waals surface area contributed by atoms with E-state index in [-0.39, 0.29) is 5.54 Å². The maximum Gasteiger partial charge on any atom is 0.0535 e. The van der Waals surface area contributed by atoms with Gasteiger partial charge in [0.05, 0.1) is 6.61 Å². The molecule has 0 aromatic heterocycles. The van der Waals surface area contributed by atoms with Crippen molar-refractivity contribution in [3.8, 4) is 0 Å². The summed E-state index contributed by atoms with van der Waals surface area (Å²) in [5.41, 5.74) is 3.09. The fourth-order valence-corrected chi connectivity index (χ4v) is 3.07. The first-order chi connectivity index (χ1) is 8.28. The van der Waals surface area contributed by atoms with Gasteiger partial charge in [0.15, 0.2) is 0 Å². The van der Waals surface area contributed by atoms with Crippen molar-refractivity contribution in [2.24, 2.45) is 0 Å². The van der Waals surface area contributed by atoms with Crippen molar-refractivity contribution in [1.82, 2.24) is 5.32 Å². The lowest BCUT2D eigenvalue weighted by atomic mass is 9.87. The first-order valence-corrected chi connectivity index (χ1v) is 6.71. The van der Waals surface area contributed by atoms with Crippen LogP contribution in [-0.4, -0.2) is 19.8 Å². The summed E-state index contributed by atoms with van der Waals surface area (Å²) in [5.74, 6) is 0.611. The molecule has 2 fully saturated rings. The van der Waals surface area contributed by atoms with E-state index in [0.29, 0.717) is 5.92 Å². The molecule has 3 rings (SSSR count). The van der Waals surface area contributed by atoms with Gasteiger partial charge < -0.3 is 10.1 Å². The first-order valence-electron chi connectivity index (χ1n) is 6.71. The molecule has 2 unspecified atom stereocenters. The van der Waals surface area contributed by atoms with Gasteiger partial charge in [-0.15, -0.1) is 0 Å². The van der Waals surface area contributed by atoms with Gasteiger partial charge in [-0.2, -0.15) is 0 Å². The predicted molar refractivity (Wildman–Crippen MR) is 69.2 cm³/mol. The number of benzene rings is 1. The fourth-order valence-electron chi connectivity index (χ4n) is 3.07. The van der Waals surface area contributed by atoms with Gasteiger partial charge in [0.2, 0.25) is 0 Å². The van der Waals surface area contributed by atoms with E-state index in [1.165, 1.54) is 30.4 Å². The molecule has 0 radical (unpaired) electrons. The monoisotopic (exact) mass is 231 g/mol. The van der Waals surface area contributed by atoms with E-state index in [9.17, 15) is 0 Å². The molecular weight excluding hydrogens is 210 g/mol. The molecule has 0 saturated carbocycles. The van der Waals surface area contributed by atoms with Crippen LogP contribution >= 0.6 is 0 Å². The van der Waals surface area contributed by atoms with Crippen molar-refractivity contribution in [2.75, 3.05) is 19.8 Å². The van der Waals surface area contributed by atoms with E-state index in [1.54, 1.807) is 0 Å². The molecule has 1 aromatic rings. The highest BCUT2D eigenvalue weighted by atomic mass is 16.5. The Hall–Kier alpha value is -0.860. The lowest BCUT2D eigenvalue weighted by molar-refractivity contribution is 0.194. The van der Waals surface area contributed by atoms with E-state index in [2.05, 4.69) is 36.5 Å². The minimum atomic E-state index is 0.190. The smallest absolute Gasteiger partial charge is 0.0535 e. The molecule has 2 aliphatic heterocycles. The Morgan fingerprint density at radius 1 is 1.41 bits per heavy atom. The summed E-state index contributed by atoms with van der Waals surface area (Å²) in [4.78, 5) is 0. The van der Waals surface area contributed by atoms with Gasteiger partial charge in [-0.3, -0.25) is 0 Å². The quantitative estimate of drug-likeness (QED) is 0.845. The van der Waals surface area contributed by atoms with Crippen LogP contribution in [0.5, 0.6) is 0 Å². The predicted octanol–water partition coefficient (Wildman–Crippen LogP) is 2.79. The van der Waals surface area contributed by atoms with Gasteiger partial charge in [0, 0.05) is 18.1 Å². The second-order valence-corrected chi connectivity index (χ2v) is 5.55. The summed E-state index contributed by atoms with van der Waals surface area (Å²) in [7, 11) is 0. The number of nitrogens with one attached hydrogen (secondary N) is 1. The minimum Gasteiger partial charge on any atom is -0.381 e. The zero-order chi connectivity index (χ0) is 11.7. The molecular formula is C15H21NO. The average Bonchev–Trinajstić information content (AvgIpc) is 3.01. The standard InChI is InChI=1S/C15H21NO/c1-15(7-3-8-16-15)14-5-2-4-12(10-14)13-6-9-17-11-13/h2,4-5,10,13,16H,3,6-9,11H2,1H3. The van der Waals surface area contributed by atoms with Gasteiger partial charge in [-0.05, 0) is 43.9 Å². The van der Waals surface area contributed by atoms with E-state index in [0.717, 1.165) is 19.8 Å². The molecule has 17 heavy (non-hydrogen) atoms. The molecule has 2 nitrogen and oxygen atoms in total. The Kier molecular flexibility index (Phi) is 2.93. The van der Waals surface area contributed by atoms with Gasteiger partial charge >= 0.3 is 0 Å². The molecule has 2 heteroatoms. The van der Waals surface area contributed by atoms with Crippen LogP contribution in [0.2, 0.25) is 0 Å². The molecule has 0 bridgehead atoms. The van der Waals surface area contributed by atoms with Crippen LogP contribution in [0.4, 0.5) is 0 Å². The topological polar surface area (TPSA) is 21.3 Å². The third-order valence-electron chi connectivity index (χ3n) is 4.29. The summed E-state index contributed by atoms with van der Waals surface area (Å²) >= 11 is 0. The highest BCUT2D eigenvalue weighted by Crippen LogP contribution is 2.33. The van der Waals surface area contributed by atoms with E-state index in [1.807, 2.05) is 0 Å². The molecule has 2 atom stereocenters. The third-order valence-corrected chi connectivity index (χ3v) is 4.29. The van der Waals surface area contributed by atoms with Gasteiger partial charge in [0.25, 0.3) is 0 Å². The van der Waals surface area contributed by atoms with Crippen molar-refractivity contribution < 1.29 is 4.74 Å². The molecule has 2 aliphatic rings. The van der Waals surface area contributed by atoms with Gasteiger partial charge in [-0.1, -0.05) is 24.3 Å². The van der Waals surface area contributed by atoms with Crippen LogP contribution in [-0.2, 0) is 10.3 Å². The van der Waals surface area contributed by atoms with Crippen LogP contribution in [0.25, 0.3) is 0 Å². The number of rotatable bonds is 2. The molecule has 0 amide bonds. The molecule has 2 saturated heterocycles. The molecule has 92 valence electrons. The number of hydrogen-bond acceptors (Lipinski definition) is 2. The summed E-state index contributed by atoms with van der Waals surface area (Å²) < 4.78 is 5.49.